The first-order valence-electron chi connectivity index (χ1n) is 13.1. The van der Waals surface area contributed by atoms with E-state index in [2.05, 4.69) is 22.3 Å². The van der Waals surface area contributed by atoms with Crippen molar-refractivity contribution in [2.45, 2.75) is 30.5 Å². The van der Waals surface area contributed by atoms with Crippen LogP contribution in [0.4, 0.5) is 19.0 Å². The van der Waals surface area contributed by atoms with Crippen LogP contribution < -0.4 is 5.32 Å². The van der Waals surface area contributed by atoms with Gasteiger partial charge in [0.05, 0.1) is 22.0 Å². The maximum absolute atomic E-state index is 13.1. The predicted molar refractivity (Wildman–Crippen MR) is 148 cm³/mol. The minimum atomic E-state index is -4.52. The zero-order chi connectivity index (χ0) is 28.3. The van der Waals surface area contributed by atoms with Gasteiger partial charge in [0.15, 0.2) is 0 Å². The summed E-state index contributed by atoms with van der Waals surface area (Å²) < 4.78 is 66.2. The van der Waals surface area contributed by atoms with Crippen LogP contribution >= 0.6 is 0 Å². The predicted octanol–water partition coefficient (Wildman–Crippen LogP) is 5.37. The number of sulfonamides is 1. The van der Waals surface area contributed by atoms with Gasteiger partial charge < -0.3 is 5.32 Å². The lowest BCUT2D eigenvalue weighted by Gasteiger charge is -2.37. The molecule has 0 bridgehead atoms. The summed E-state index contributed by atoms with van der Waals surface area (Å²) in [7, 11) is -3.91. The SMILES string of the molecule is C[C@H](c1nc(NCCc2ccccc2)c2ccccc2n1)N1CCN(S(=O)(=O)c2ccc(C(F)(F)F)cc2)CC1. The molecule has 1 aliphatic rings. The van der Waals surface area contributed by atoms with E-state index in [1.807, 2.05) is 49.4 Å². The summed E-state index contributed by atoms with van der Waals surface area (Å²) in [4.78, 5) is 11.6. The second-order valence-corrected chi connectivity index (χ2v) is 11.7. The van der Waals surface area contributed by atoms with Crippen molar-refractivity contribution in [1.29, 1.82) is 0 Å². The highest BCUT2D eigenvalue weighted by Crippen LogP contribution is 2.31. The average molecular weight is 570 g/mol. The number of alkyl halides is 3. The molecule has 7 nitrogen and oxygen atoms in total. The smallest absolute Gasteiger partial charge is 0.369 e. The van der Waals surface area contributed by atoms with Gasteiger partial charge in [-0.15, -0.1) is 0 Å². The lowest BCUT2D eigenvalue weighted by atomic mass is 10.1. The number of benzene rings is 3. The Labute approximate surface area is 231 Å². The van der Waals surface area contributed by atoms with E-state index >= 15 is 0 Å². The van der Waals surface area contributed by atoms with Gasteiger partial charge >= 0.3 is 6.18 Å². The van der Waals surface area contributed by atoms with Crippen molar-refractivity contribution in [1.82, 2.24) is 19.2 Å². The van der Waals surface area contributed by atoms with Crippen molar-refractivity contribution < 1.29 is 21.6 Å². The van der Waals surface area contributed by atoms with E-state index in [1.165, 1.54) is 9.87 Å². The summed E-state index contributed by atoms with van der Waals surface area (Å²) in [6, 6.07) is 21.5. The normalized spacial score (nSPS) is 16.2. The first-order chi connectivity index (χ1) is 19.1. The summed E-state index contributed by atoms with van der Waals surface area (Å²) in [5.41, 5.74) is 1.17. The molecule has 0 saturated carbocycles. The molecule has 3 aromatic carbocycles. The zero-order valence-electron chi connectivity index (χ0n) is 22.0. The summed E-state index contributed by atoms with van der Waals surface area (Å²) in [5, 5.41) is 4.39. The Kier molecular flexibility index (Phi) is 8.07. The lowest BCUT2D eigenvalue weighted by molar-refractivity contribution is -0.137. The van der Waals surface area contributed by atoms with Crippen molar-refractivity contribution in [3.05, 3.63) is 95.8 Å². The number of piperazine rings is 1. The minimum Gasteiger partial charge on any atom is -0.369 e. The van der Waals surface area contributed by atoms with Gasteiger partial charge in [-0.1, -0.05) is 42.5 Å². The molecule has 0 unspecified atom stereocenters. The largest absolute Gasteiger partial charge is 0.416 e. The van der Waals surface area contributed by atoms with Gasteiger partial charge in [-0.05, 0) is 55.3 Å². The summed E-state index contributed by atoms with van der Waals surface area (Å²) >= 11 is 0. The molecule has 1 N–H and O–H groups in total. The van der Waals surface area contributed by atoms with Crippen molar-refractivity contribution in [2.24, 2.45) is 0 Å². The van der Waals surface area contributed by atoms with Crippen molar-refractivity contribution in [3.8, 4) is 0 Å². The van der Waals surface area contributed by atoms with Crippen molar-refractivity contribution >= 4 is 26.7 Å². The molecule has 210 valence electrons. The Bertz CT molecular complexity index is 1560. The Morgan fingerprint density at radius 3 is 2.20 bits per heavy atom. The first-order valence-corrected chi connectivity index (χ1v) is 14.5. The number of aromatic nitrogens is 2. The van der Waals surface area contributed by atoms with Crippen LogP contribution in [0.25, 0.3) is 10.9 Å². The van der Waals surface area contributed by atoms with Gasteiger partial charge in [-0.3, -0.25) is 4.90 Å². The Hall–Kier alpha value is -3.54. The van der Waals surface area contributed by atoms with E-state index in [9.17, 15) is 21.6 Å². The molecule has 40 heavy (non-hydrogen) atoms. The quantitative estimate of drug-likeness (QED) is 0.308. The maximum atomic E-state index is 13.1. The van der Waals surface area contributed by atoms with Crippen LogP contribution in [0.5, 0.6) is 0 Å². The Balaban J connectivity index is 1.27. The minimum absolute atomic E-state index is 0.147. The van der Waals surface area contributed by atoms with Crippen LogP contribution in [0.2, 0.25) is 0 Å². The summed E-state index contributed by atoms with van der Waals surface area (Å²) in [5.74, 6) is 1.40. The first kappa shape index (κ1) is 28.0. The number of hydrogen-bond donors (Lipinski definition) is 1. The molecule has 5 rings (SSSR count). The van der Waals surface area contributed by atoms with E-state index in [0.717, 1.165) is 47.4 Å². The molecule has 11 heteroatoms. The topological polar surface area (TPSA) is 78.4 Å². The van der Waals surface area contributed by atoms with Crippen LogP contribution in [0.15, 0.2) is 83.8 Å². The second-order valence-electron chi connectivity index (χ2n) is 9.75. The highest BCUT2D eigenvalue weighted by Gasteiger charge is 2.33. The van der Waals surface area contributed by atoms with E-state index in [-0.39, 0.29) is 24.0 Å². The van der Waals surface area contributed by atoms with Crippen molar-refractivity contribution in [3.63, 3.8) is 0 Å². The number of fused-ring (bicyclic) bond motifs is 1. The maximum Gasteiger partial charge on any atom is 0.416 e. The standard InChI is InChI=1S/C29H30F3N5O2S/c1-21(36-17-19-37(20-18-36)40(38,39)24-13-11-23(12-14-24)29(30,31)32)27-34-26-10-6-5-9-25(26)28(35-27)33-16-15-22-7-3-2-4-8-22/h2-14,21H,15-20H2,1H3,(H,33,34,35)/t21-/m1/s1. The molecular weight excluding hydrogens is 539 g/mol. The number of anilines is 1. The molecule has 1 aliphatic heterocycles. The lowest BCUT2D eigenvalue weighted by Crippen LogP contribution is -2.49. The van der Waals surface area contributed by atoms with Gasteiger partial charge in [0.1, 0.15) is 11.6 Å². The van der Waals surface area contributed by atoms with E-state index < -0.39 is 21.8 Å². The van der Waals surface area contributed by atoms with Crippen LogP contribution in [0.3, 0.4) is 0 Å². The third-order valence-electron chi connectivity index (χ3n) is 7.18. The molecular formula is C29H30F3N5O2S. The van der Waals surface area contributed by atoms with E-state index in [4.69, 9.17) is 9.97 Å². The number of hydrogen-bond acceptors (Lipinski definition) is 6. The number of rotatable bonds is 8. The molecule has 1 atom stereocenters. The van der Waals surface area contributed by atoms with E-state index in [0.29, 0.717) is 25.5 Å². The van der Waals surface area contributed by atoms with E-state index in [1.54, 1.807) is 0 Å². The van der Waals surface area contributed by atoms with Gasteiger partial charge in [0.2, 0.25) is 10.0 Å². The monoisotopic (exact) mass is 569 g/mol. The van der Waals surface area contributed by atoms with Gasteiger partial charge in [-0.25, -0.2) is 18.4 Å². The highest BCUT2D eigenvalue weighted by molar-refractivity contribution is 7.89. The number of nitrogens with zero attached hydrogens (tertiary/aromatic N) is 4. The molecule has 0 spiro atoms. The van der Waals surface area contributed by atoms with Crippen LogP contribution in [0, 0.1) is 0 Å². The molecule has 2 heterocycles. The molecule has 0 aliphatic carbocycles. The number of halogens is 3. The molecule has 1 saturated heterocycles. The fraction of sp³-hybridized carbons (Fsp3) is 0.310. The summed E-state index contributed by atoms with van der Waals surface area (Å²) in [6.07, 6.45) is -3.68. The molecule has 1 fully saturated rings. The van der Waals surface area contributed by atoms with Crippen LogP contribution in [0.1, 0.15) is 29.9 Å². The van der Waals surface area contributed by atoms with Gasteiger partial charge in [0.25, 0.3) is 0 Å². The van der Waals surface area contributed by atoms with Crippen LogP contribution in [-0.4, -0.2) is 60.3 Å². The van der Waals surface area contributed by atoms with Gasteiger partial charge in [0, 0.05) is 38.1 Å². The third-order valence-corrected chi connectivity index (χ3v) is 9.10. The molecule has 1 aromatic heterocycles. The fourth-order valence-electron chi connectivity index (χ4n) is 4.85. The third kappa shape index (κ3) is 6.11. The highest BCUT2D eigenvalue weighted by atomic mass is 32.2. The molecule has 4 aromatic rings. The Morgan fingerprint density at radius 1 is 0.875 bits per heavy atom. The van der Waals surface area contributed by atoms with Crippen LogP contribution in [-0.2, 0) is 22.6 Å². The zero-order valence-corrected chi connectivity index (χ0v) is 22.8. The fourth-order valence-corrected chi connectivity index (χ4v) is 6.27. The van der Waals surface area contributed by atoms with Crippen molar-refractivity contribution in [2.75, 3.05) is 38.0 Å². The average Bonchev–Trinajstić information content (AvgIpc) is 2.97. The second kappa shape index (κ2) is 11.5. The summed E-state index contributed by atoms with van der Waals surface area (Å²) in [6.45, 7) is 4.01. The number of para-hydroxylation sites is 1. The molecule has 0 radical (unpaired) electrons. The Morgan fingerprint density at radius 2 is 1.52 bits per heavy atom. The number of nitrogens with one attached hydrogen (secondary N) is 1. The van der Waals surface area contributed by atoms with Gasteiger partial charge in [-0.2, -0.15) is 17.5 Å². The molecule has 0 amide bonds.